The van der Waals surface area contributed by atoms with E-state index in [0.29, 0.717) is 12.8 Å². The third kappa shape index (κ3) is 1.24. The Balaban J connectivity index is 2.85. The zero-order valence-electron chi connectivity index (χ0n) is 7.81. The molecule has 0 radical (unpaired) electrons. The summed E-state index contributed by atoms with van der Waals surface area (Å²) in [6, 6.07) is 0. The lowest BCUT2D eigenvalue weighted by atomic mass is 9.81. The summed E-state index contributed by atoms with van der Waals surface area (Å²) in [5, 5.41) is 0. The number of primary amides is 1. The largest absolute Gasteiger partial charge is 0.369 e. The van der Waals surface area contributed by atoms with Crippen LogP contribution in [0.15, 0.2) is 0 Å². The summed E-state index contributed by atoms with van der Waals surface area (Å²) in [6.45, 7) is 5.45. The van der Waals surface area contributed by atoms with Gasteiger partial charge in [-0.1, -0.05) is 20.8 Å². The topological polar surface area (TPSA) is 60.2 Å². The third-order valence-electron chi connectivity index (χ3n) is 2.34. The molecule has 1 amide bonds. The van der Waals surface area contributed by atoms with Crippen molar-refractivity contribution in [2.75, 3.05) is 0 Å². The van der Waals surface area contributed by atoms with Gasteiger partial charge in [0.05, 0.1) is 0 Å². The maximum absolute atomic E-state index is 11.7. The van der Waals surface area contributed by atoms with Crippen molar-refractivity contribution in [1.29, 1.82) is 0 Å². The minimum Gasteiger partial charge on any atom is -0.369 e. The summed E-state index contributed by atoms with van der Waals surface area (Å²) >= 11 is 0. The average Bonchev–Trinajstić information content (AvgIpc) is 2.62. The molecule has 0 aromatic rings. The summed E-state index contributed by atoms with van der Waals surface area (Å²) in [5.41, 5.74) is 3.91. The SMILES string of the molecule is CC(C)(C)C(=O)C1(C(N)=O)CC1. The van der Waals surface area contributed by atoms with Crippen LogP contribution in [0.2, 0.25) is 0 Å². The Kier molecular flexibility index (Phi) is 1.78. The van der Waals surface area contributed by atoms with Gasteiger partial charge in [-0.25, -0.2) is 0 Å². The summed E-state index contributed by atoms with van der Waals surface area (Å²) in [5.74, 6) is -0.468. The van der Waals surface area contributed by atoms with Crippen LogP contribution in [0.25, 0.3) is 0 Å². The van der Waals surface area contributed by atoms with Gasteiger partial charge in [0.25, 0.3) is 0 Å². The van der Waals surface area contributed by atoms with Gasteiger partial charge in [-0.2, -0.15) is 0 Å². The highest BCUT2D eigenvalue weighted by atomic mass is 16.2. The van der Waals surface area contributed by atoms with Gasteiger partial charge in [0.1, 0.15) is 5.41 Å². The van der Waals surface area contributed by atoms with E-state index in [1.807, 2.05) is 20.8 Å². The molecule has 0 aromatic carbocycles. The molecule has 1 fully saturated rings. The number of amides is 1. The molecule has 0 atom stereocenters. The Morgan fingerprint density at radius 2 is 1.67 bits per heavy atom. The second kappa shape index (κ2) is 2.31. The summed E-state index contributed by atoms with van der Waals surface area (Å²) < 4.78 is 0. The van der Waals surface area contributed by atoms with E-state index in [9.17, 15) is 9.59 Å². The summed E-state index contributed by atoms with van der Waals surface area (Å²) in [7, 11) is 0. The Bertz CT molecular complexity index is 233. The number of ketones is 1. The van der Waals surface area contributed by atoms with Crippen LogP contribution in [-0.4, -0.2) is 11.7 Å². The first-order valence-corrected chi connectivity index (χ1v) is 4.15. The highest BCUT2D eigenvalue weighted by Crippen LogP contribution is 2.50. The smallest absolute Gasteiger partial charge is 0.231 e. The van der Waals surface area contributed by atoms with Gasteiger partial charge in [-0.15, -0.1) is 0 Å². The van der Waals surface area contributed by atoms with Crippen molar-refractivity contribution in [2.45, 2.75) is 33.6 Å². The number of hydrogen-bond donors (Lipinski definition) is 1. The summed E-state index contributed by atoms with van der Waals surface area (Å²) in [4.78, 5) is 22.7. The average molecular weight is 169 g/mol. The lowest BCUT2D eigenvalue weighted by molar-refractivity contribution is -0.139. The molecule has 3 nitrogen and oxygen atoms in total. The number of hydrogen-bond acceptors (Lipinski definition) is 2. The Hall–Kier alpha value is -0.860. The van der Waals surface area contributed by atoms with E-state index < -0.39 is 16.7 Å². The van der Waals surface area contributed by atoms with Crippen molar-refractivity contribution in [3.8, 4) is 0 Å². The molecule has 1 saturated carbocycles. The number of Topliss-reactive ketones (excluding diaryl/α,β-unsaturated/α-hetero) is 1. The van der Waals surface area contributed by atoms with Crippen LogP contribution in [-0.2, 0) is 9.59 Å². The number of carbonyl (C=O) groups is 2. The fraction of sp³-hybridized carbons (Fsp3) is 0.778. The maximum Gasteiger partial charge on any atom is 0.231 e. The van der Waals surface area contributed by atoms with E-state index in [4.69, 9.17) is 5.73 Å². The van der Waals surface area contributed by atoms with E-state index in [0.717, 1.165) is 0 Å². The van der Waals surface area contributed by atoms with Crippen LogP contribution in [0, 0.1) is 10.8 Å². The van der Waals surface area contributed by atoms with E-state index in [1.54, 1.807) is 0 Å². The van der Waals surface area contributed by atoms with Crippen molar-refractivity contribution in [2.24, 2.45) is 16.6 Å². The molecule has 0 aliphatic heterocycles. The van der Waals surface area contributed by atoms with Gasteiger partial charge in [-0.05, 0) is 12.8 Å². The lowest BCUT2D eigenvalue weighted by Crippen LogP contribution is -2.38. The highest BCUT2D eigenvalue weighted by molar-refractivity contribution is 6.10. The first kappa shape index (κ1) is 9.23. The second-order valence-corrected chi connectivity index (χ2v) is 4.53. The second-order valence-electron chi connectivity index (χ2n) is 4.53. The molecule has 0 unspecified atom stereocenters. The quantitative estimate of drug-likeness (QED) is 0.623. The van der Waals surface area contributed by atoms with Crippen LogP contribution in [0.3, 0.4) is 0 Å². The van der Waals surface area contributed by atoms with E-state index >= 15 is 0 Å². The molecular weight excluding hydrogens is 154 g/mol. The zero-order valence-corrected chi connectivity index (χ0v) is 7.81. The van der Waals surface area contributed by atoms with E-state index in [2.05, 4.69) is 0 Å². The predicted molar refractivity (Wildman–Crippen MR) is 45.3 cm³/mol. The van der Waals surface area contributed by atoms with Gasteiger partial charge in [0.2, 0.25) is 5.91 Å². The first-order chi connectivity index (χ1) is 5.31. The Labute approximate surface area is 72.3 Å². The molecule has 0 spiro atoms. The molecule has 0 bridgehead atoms. The van der Waals surface area contributed by atoms with E-state index in [1.165, 1.54) is 0 Å². The van der Waals surface area contributed by atoms with Crippen LogP contribution in [0.4, 0.5) is 0 Å². The molecule has 1 aliphatic carbocycles. The van der Waals surface area contributed by atoms with Crippen molar-refractivity contribution >= 4 is 11.7 Å². The van der Waals surface area contributed by atoms with Crippen molar-refractivity contribution in [3.05, 3.63) is 0 Å². The minimum absolute atomic E-state index is 0.0116. The fourth-order valence-corrected chi connectivity index (χ4v) is 1.43. The Morgan fingerprint density at radius 1 is 1.25 bits per heavy atom. The van der Waals surface area contributed by atoms with Gasteiger partial charge in [-0.3, -0.25) is 9.59 Å². The molecule has 3 heteroatoms. The van der Waals surface area contributed by atoms with Crippen molar-refractivity contribution in [1.82, 2.24) is 0 Å². The summed E-state index contributed by atoms with van der Waals surface area (Å²) in [6.07, 6.45) is 1.27. The van der Waals surface area contributed by atoms with Gasteiger partial charge < -0.3 is 5.73 Å². The van der Waals surface area contributed by atoms with Crippen molar-refractivity contribution in [3.63, 3.8) is 0 Å². The standard InChI is InChI=1S/C9H15NO2/c1-8(2,3)6(11)9(4-5-9)7(10)12/h4-5H2,1-3H3,(H2,10,12). The molecule has 12 heavy (non-hydrogen) atoms. The van der Waals surface area contributed by atoms with Gasteiger partial charge in [0.15, 0.2) is 5.78 Å². The van der Waals surface area contributed by atoms with Gasteiger partial charge in [0, 0.05) is 5.41 Å². The molecule has 0 aromatic heterocycles. The third-order valence-corrected chi connectivity index (χ3v) is 2.34. The molecule has 1 rings (SSSR count). The monoisotopic (exact) mass is 169 g/mol. The number of nitrogens with two attached hydrogens (primary N) is 1. The molecule has 1 aliphatic rings. The fourth-order valence-electron chi connectivity index (χ4n) is 1.43. The molecule has 0 saturated heterocycles. The highest BCUT2D eigenvalue weighted by Gasteiger charge is 2.57. The van der Waals surface area contributed by atoms with Crippen LogP contribution in [0.1, 0.15) is 33.6 Å². The van der Waals surface area contributed by atoms with E-state index in [-0.39, 0.29) is 5.78 Å². The molecular formula is C9H15NO2. The Morgan fingerprint density at radius 3 is 1.75 bits per heavy atom. The normalized spacial score (nSPS) is 20.2. The molecule has 0 heterocycles. The van der Waals surface area contributed by atoms with Crippen LogP contribution in [0.5, 0.6) is 0 Å². The number of carbonyl (C=O) groups excluding carboxylic acids is 2. The lowest BCUT2D eigenvalue weighted by Gasteiger charge is -2.21. The molecule has 2 N–H and O–H groups in total. The van der Waals surface area contributed by atoms with Crippen LogP contribution < -0.4 is 5.73 Å². The first-order valence-electron chi connectivity index (χ1n) is 4.15. The number of rotatable bonds is 2. The predicted octanol–water partition coefficient (Wildman–Crippen LogP) is 0.867. The van der Waals surface area contributed by atoms with Crippen molar-refractivity contribution < 1.29 is 9.59 Å². The zero-order chi connectivity index (χ0) is 9.57. The van der Waals surface area contributed by atoms with Crippen LogP contribution >= 0.6 is 0 Å². The molecule has 68 valence electrons. The maximum atomic E-state index is 11.7. The minimum atomic E-state index is -0.807. The van der Waals surface area contributed by atoms with Gasteiger partial charge >= 0.3 is 0 Å².